The predicted octanol–water partition coefficient (Wildman–Crippen LogP) is 4.11. The van der Waals surface area contributed by atoms with Crippen LogP contribution in [-0.4, -0.2) is 25.6 Å². The van der Waals surface area contributed by atoms with Crippen LogP contribution in [0.25, 0.3) is 17.0 Å². The first-order valence-electron chi connectivity index (χ1n) is 9.32. The van der Waals surface area contributed by atoms with Gasteiger partial charge in [-0.3, -0.25) is 19.6 Å². The molecule has 4 rings (SSSR count). The van der Waals surface area contributed by atoms with Crippen molar-refractivity contribution in [2.75, 3.05) is 0 Å². The van der Waals surface area contributed by atoms with E-state index in [1.807, 2.05) is 30.3 Å². The number of phenolic OH excluding ortho intramolecular Hbond substituents is 1. The average molecular weight is 418 g/mol. The molecule has 2 aromatic heterocycles. The van der Waals surface area contributed by atoms with Crippen LogP contribution in [0.15, 0.2) is 74.9 Å². The summed E-state index contributed by atoms with van der Waals surface area (Å²) in [7, 11) is 1.78. The lowest BCUT2D eigenvalue weighted by atomic mass is 10.1. The fourth-order valence-corrected chi connectivity index (χ4v) is 3.23. The Balaban J connectivity index is 1.68. The molecule has 4 aromatic rings. The molecule has 0 bridgehead atoms. The van der Waals surface area contributed by atoms with Gasteiger partial charge in [0.2, 0.25) is 0 Å². The highest BCUT2D eigenvalue weighted by atomic mass is 16.6. The number of hydrogen-bond donors (Lipinski definition) is 1. The number of aromatic nitrogens is 2. The number of nitro benzene ring substituents is 1. The first kappa shape index (κ1) is 19.9. The normalized spacial score (nSPS) is 11.3. The van der Waals surface area contributed by atoms with Crippen molar-refractivity contribution in [2.24, 2.45) is 12.0 Å². The molecule has 0 aliphatic rings. The van der Waals surface area contributed by atoms with Crippen LogP contribution < -0.4 is 5.56 Å². The number of para-hydroxylation sites is 1. The van der Waals surface area contributed by atoms with Crippen LogP contribution in [-0.2, 0) is 7.05 Å². The minimum absolute atomic E-state index is 0.145. The second kappa shape index (κ2) is 7.79. The van der Waals surface area contributed by atoms with Gasteiger partial charge < -0.3 is 9.52 Å². The molecule has 0 atom stereocenters. The Bertz CT molecular complexity index is 1360. The molecule has 0 saturated carbocycles. The minimum atomic E-state index is -0.551. The van der Waals surface area contributed by atoms with Gasteiger partial charge >= 0.3 is 0 Å². The lowest BCUT2D eigenvalue weighted by Crippen LogP contribution is -2.19. The van der Waals surface area contributed by atoms with Gasteiger partial charge in [0, 0.05) is 19.2 Å². The maximum Gasteiger partial charge on any atom is 0.297 e. The summed E-state index contributed by atoms with van der Waals surface area (Å²) in [6, 6.07) is 16.1. The van der Waals surface area contributed by atoms with Crippen LogP contribution in [0.5, 0.6) is 5.75 Å². The summed E-state index contributed by atoms with van der Waals surface area (Å²) >= 11 is 0. The molecule has 0 radical (unpaired) electrons. The number of aromatic hydroxyl groups is 1. The zero-order chi connectivity index (χ0) is 22.1. The van der Waals surface area contributed by atoms with Crippen molar-refractivity contribution in [3.63, 3.8) is 0 Å². The molecule has 2 heterocycles. The molecule has 1 N–H and O–H groups in total. The van der Waals surface area contributed by atoms with E-state index in [9.17, 15) is 20.0 Å². The smallest absolute Gasteiger partial charge is 0.297 e. The van der Waals surface area contributed by atoms with E-state index in [0.717, 1.165) is 5.69 Å². The average Bonchev–Trinajstić information content (AvgIpc) is 3.30. The molecule has 0 saturated heterocycles. The number of nitrogens with zero attached hydrogens (tertiary/aromatic N) is 4. The van der Waals surface area contributed by atoms with E-state index in [1.54, 1.807) is 30.8 Å². The first-order chi connectivity index (χ1) is 14.9. The second-order valence-electron chi connectivity index (χ2n) is 6.83. The van der Waals surface area contributed by atoms with Gasteiger partial charge in [-0.05, 0) is 37.3 Å². The van der Waals surface area contributed by atoms with Crippen molar-refractivity contribution in [3.05, 3.63) is 92.6 Å². The zero-order valence-corrected chi connectivity index (χ0v) is 16.7. The summed E-state index contributed by atoms with van der Waals surface area (Å²) in [6.07, 6.45) is 1.40. The lowest BCUT2D eigenvalue weighted by Gasteiger charge is -2.07. The van der Waals surface area contributed by atoms with Crippen molar-refractivity contribution in [3.8, 4) is 22.8 Å². The van der Waals surface area contributed by atoms with Crippen LogP contribution in [0.3, 0.4) is 0 Å². The van der Waals surface area contributed by atoms with Crippen molar-refractivity contribution < 1.29 is 14.4 Å². The monoisotopic (exact) mass is 418 g/mol. The first-order valence-corrected chi connectivity index (χ1v) is 9.32. The molecular formula is C22H18N4O5. The van der Waals surface area contributed by atoms with Crippen molar-refractivity contribution in [1.82, 2.24) is 9.36 Å². The van der Waals surface area contributed by atoms with Gasteiger partial charge in [-0.25, -0.2) is 9.67 Å². The molecule has 0 amide bonds. The largest absolute Gasteiger partial charge is 0.507 e. The van der Waals surface area contributed by atoms with E-state index in [4.69, 9.17) is 4.42 Å². The molecular weight excluding hydrogens is 400 g/mol. The number of phenols is 1. The third-order valence-corrected chi connectivity index (χ3v) is 4.93. The Morgan fingerprint density at radius 3 is 2.58 bits per heavy atom. The fourth-order valence-electron chi connectivity index (χ4n) is 3.23. The highest BCUT2D eigenvalue weighted by Crippen LogP contribution is 2.33. The third-order valence-electron chi connectivity index (χ3n) is 4.93. The van der Waals surface area contributed by atoms with Crippen molar-refractivity contribution in [1.29, 1.82) is 0 Å². The van der Waals surface area contributed by atoms with E-state index < -0.39 is 4.92 Å². The summed E-state index contributed by atoms with van der Waals surface area (Å²) in [6.45, 7) is 1.79. The number of aliphatic imine (C=N–C) groups is 1. The summed E-state index contributed by atoms with van der Waals surface area (Å²) in [5.74, 6) is 0.428. The van der Waals surface area contributed by atoms with E-state index in [-0.39, 0.29) is 34.0 Å². The van der Waals surface area contributed by atoms with Crippen LogP contribution in [0.1, 0.15) is 11.5 Å². The Morgan fingerprint density at radius 1 is 1.13 bits per heavy atom. The third kappa shape index (κ3) is 3.64. The van der Waals surface area contributed by atoms with Crippen LogP contribution >= 0.6 is 0 Å². The van der Waals surface area contributed by atoms with E-state index in [0.29, 0.717) is 11.5 Å². The number of nitro groups is 1. The predicted molar refractivity (Wildman–Crippen MR) is 115 cm³/mol. The molecule has 0 unspecified atom stereocenters. The fraction of sp³-hybridized carbons (Fsp3) is 0.0909. The van der Waals surface area contributed by atoms with Crippen LogP contribution in [0.4, 0.5) is 11.4 Å². The summed E-state index contributed by atoms with van der Waals surface area (Å²) in [5, 5.41) is 21.0. The molecule has 156 valence electrons. The van der Waals surface area contributed by atoms with E-state index in [2.05, 4.69) is 4.99 Å². The summed E-state index contributed by atoms with van der Waals surface area (Å²) in [4.78, 5) is 27.7. The molecule has 0 spiro atoms. The number of furan rings is 1. The van der Waals surface area contributed by atoms with Gasteiger partial charge in [0.1, 0.15) is 17.3 Å². The number of rotatable bonds is 5. The Morgan fingerprint density at radius 2 is 1.87 bits per heavy atom. The molecule has 31 heavy (non-hydrogen) atoms. The number of non-ortho nitro benzene ring substituents is 1. The van der Waals surface area contributed by atoms with Gasteiger partial charge in [-0.15, -0.1) is 0 Å². The second-order valence-corrected chi connectivity index (χ2v) is 6.83. The molecule has 0 aliphatic heterocycles. The highest BCUT2D eigenvalue weighted by molar-refractivity contribution is 5.81. The van der Waals surface area contributed by atoms with Gasteiger partial charge in [-0.2, -0.15) is 0 Å². The van der Waals surface area contributed by atoms with Crippen LogP contribution in [0.2, 0.25) is 0 Å². The molecule has 0 aliphatic carbocycles. The maximum absolute atomic E-state index is 12.9. The standard InChI is InChI=1S/C22H18N4O5/c1-14-21(22(28)25(24(14)2)15-6-4-3-5-7-15)23-13-17-9-11-20(31-17)18-12-16(26(29)30)8-10-19(18)27/h3-13,27H,1-2H3. The molecule has 2 aromatic carbocycles. The van der Waals surface area contributed by atoms with Crippen molar-refractivity contribution >= 4 is 17.6 Å². The van der Waals surface area contributed by atoms with Crippen LogP contribution in [0, 0.1) is 17.0 Å². The van der Waals surface area contributed by atoms with Gasteiger partial charge in [0.15, 0.2) is 5.69 Å². The number of hydrogen-bond acceptors (Lipinski definition) is 6. The Hall–Kier alpha value is -4.40. The molecule has 9 heteroatoms. The zero-order valence-electron chi connectivity index (χ0n) is 16.7. The lowest BCUT2D eigenvalue weighted by molar-refractivity contribution is -0.384. The van der Waals surface area contributed by atoms with Gasteiger partial charge in [-0.1, -0.05) is 18.2 Å². The minimum Gasteiger partial charge on any atom is -0.507 e. The van der Waals surface area contributed by atoms with Crippen molar-refractivity contribution in [2.45, 2.75) is 6.92 Å². The highest BCUT2D eigenvalue weighted by Gasteiger charge is 2.16. The van der Waals surface area contributed by atoms with E-state index >= 15 is 0 Å². The van der Waals surface area contributed by atoms with Gasteiger partial charge in [0.05, 0.1) is 28.1 Å². The summed E-state index contributed by atoms with van der Waals surface area (Å²) < 4.78 is 8.91. The quantitative estimate of drug-likeness (QED) is 0.297. The Kier molecular flexibility index (Phi) is 5.00. The molecule has 0 fully saturated rings. The van der Waals surface area contributed by atoms with Gasteiger partial charge in [0.25, 0.3) is 11.2 Å². The maximum atomic E-state index is 12.9. The topological polar surface area (TPSA) is 116 Å². The Labute approximate surface area is 176 Å². The SMILES string of the molecule is Cc1c(N=Cc2ccc(-c3cc([N+](=O)[O-])ccc3O)o2)c(=O)n(-c2ccccc2)n1C. The summed E-state index contributed by atoms with van der Waals surface area (Å²) in [5.41, 5.74) is 1.42. The van der Waals surface area contributed by atoms with E-state index in [1.165, 1.54) is 29.1 Å². The molecule has 9 nitrogen and oxygen atoms in total. The number of benzene rings is 2.